The van der Waals surface area contributed by atoms with Crippen molar-refractivity contribution in [3.05, 3.63) is 29.3 Å². The van der Waals surface area contributed by atoms with E-state index in [2.05, 4.69) is 21.6 Å². The Bertz CT molecular complexity index is 579. The third kappa shape index (κ3) is 2.36. The van der Waals surface area contributed by atoms with Gasteiger partial charge in [-0.1, -0.05) is 30.0 Å². The summed E-state index contributed by atoms with van der Waals surface area (Å²) in [5, 5.41) is 21.0. The molecule has 1 aromatic heterocycles. The Labute approximate surface area is 110 Å². The molecule has 92 valence electrons. The van der Waals surface area contributed by atoms with E-state index in [0.29, 0.717) is 5.16 Å². The highest BCUT2D eigenvalue weighted by Gasteiger charge is 2.15. The average molecular weight is 259 g/mol. The first-order valence-electron chi connectivity index (χ1n) is 5.54. The van der Waals surface area contributed by atoms with Crippen molar-refractivity contribution in [1.29, 1.82) is 5.26 Å². The van der Waals surface area contributed by atoms with Gasteiger partial charge in [-0.05, 0) is 42.3 Å². The molecule has 0 fully saturated rings. The van der Waals surface area contributed by atoms with Crippen LogP contribution in [0.2, 0.25) is 0 Å². The summed E-state index contributed by atoms with van der Waals surface area (Å²) in [6, 6.07) is 8.21. The molecule has 0 aliphatic rings. The highest BCUT2D eigenvalue weighted by Crippen LogP contribution is 2.25. The van der Waals surface area contributed by atoms with Crippen LogP contribution in [-0.4, -0.2) is 25.5 Å². The standard InChI is InChI=1S/C12H13N5S/c1-8-5-4-6-9(2)11(8)17-12(14-15-16-17)18-10(3)7-13/h4-6,10H,1-3H3/t10-/m0/s1. The number of hydrogen-bond acceptors (Lipinski definition) is 5. The number of rotatable bonds is 3. The molecule has 1 atom stereocenters. The maximum absolute atomic E-state index is 8.86. The molecule has 0 saturated carbocycles. The molecule has 5 nitrogen and oxygen atoms in total. The highest BCUT2D eigenvalue weighted by molar-refractivity contribution is 8.00. The Balaban J connectivity index is 2.47. The second-order valence-corrected chi connectivity index (χ2v) is 5.31. The van der Waals surface area contributed by atoms with Crippen molar-refractivity contribution in [2.24, 2.45) is 0 Å². The Morgan fingerprint density at radius 2 is 2.00 bits per heavy atom. The van der Waals surface area contributed by atoms with E-state index < -0.39 is 0 Å². The molecule has 0 saturated heterocycles. The summed E-state index contributed by atoms with van der Waals surface area (Å²) in [7, 11) is 0. The zero-order chi connectivity index (χ0) is 13.1. The summed E-state index contributed by atoms with van der Waals surface area (Å²) in [4.78, 5) is 0. The fourth-order valence-corrected chi connectivity index (χ4v) is 2.40. The SMILES string of the molecule is Cc1cccc(C)c1-n1nnnc1S[C@@H](C)C#N. The molecule has 2 rings (SSSR count). The lowest BCUT2D eigenvalue weighted by atomic mass is 10.1. The highest BCUT2D eigenvalue weighted by atomic mass is 32.2. The summed E-state index contributed by atoms with van der Waals surface area (Å²) >= 11 is 1.35. The molecular weight excluding hydrogens is 246 g/mol. The number of benzene rings is 1. The van der Waals surface area contributed by atoms with Crippen molar-refractivity contribution < 1.29 is 0 Å². The molecule has 0 N–H and O–H groups in total. The van der Waals surface area contributed by atoms with Gasteiger partial charge in [0.15, 0.2) is 0 Å². The van der Waals surface area contributed by atoms with Gasteiger partial charge in [0.2, 0.25) is 5.16 Å². The van der Waals surface area contributed by atoms with Crippen molar-refractivity contribution >= 4 is 11.8 Å². The van der Waals surface area contributed by atoms with Gasteiger partial charge in [-0.3, -0.25) is 0 Å². The molecule has 0 unspecified atom stereocenters. The van der Waals surface area contributed by atoms with Crippen LogP contribution in [0.3, 0.4) is 0 Å². The number of aryl methyl sites for hydroxylation is 2. The first-order valence-corrected chi connectivity index (χ1v) is 6.42. The monoisotopic (exact) mass is 259 g/mol. The van der Waals surface area contributed by atoms with Crippen LogP contribution in [0.1, 0.15) is 18.1 Å². The largest absolute Gasteiger partial charge is 0.215 e. The van der Waals surface area contributed by atoms with E-state index in [9.17, 15) is 0 Å². The first kappa shape index (κ1) is 12.6. The lowest BCUT2D eigenvalue weighted by Gasteiger charge is -2.10. The molecule has 0 aliphatic carbocycles. The normalized spacial score (nSPS) is 12.1. The van der Waals surface area contributed by atoms with Crippen molar-refractivity contribution in [3.63, 3.8) is 0 Å². The smallest absolute Gasteiger partial charge is 0.197 e. The molecule has 0 radical (unpaired) electrons. The van der Waals surface area contributed by atoms with E-state index in [0.717, 1.165) is 16.8 Å². The Morgan fingerprint density at radius 3 is 2.61 bits per heavy atom. The molecule has 0 aliphatic heterocycles. The molecule has 0 amide bonds. The molecule has 0 bridgehead atoms. The third-order valence-corrected chi connectivity index (χ3v) is 3.48. The number of tetrazole rings is 1. The molecule has 18 heavy (non-hydrogen) atoms. The summed E-state index contributed by atoms with van der Waals surface area (Å²) < 4.78 is 1.70. The van der Waals surface area contributed by atoms with E-state index in [-0.39, 0.29) is 5.25 Å². The minimum Gasteiger partial charge on any atom is -0.197 e. The lowest BCUT2D eigenvalue weighted by Crippen LogP contribution is -2.05. The van der Waals surface area contributed by atoms with Crippen LogP contribution in [0.5, 0.6) is 0 Å². The van der Waals surface area contributed by atoms with Crippen LogP contribution in [0, 0.1) is 25.2 Å². The lowest BCUT2D eigenvalue weighted by molar-refractivity contribution is 0.747. The Morgan fingerprint density at radius 1 is 1.33 bits per heavy atom. The zero-order valence-electron chi connectivity index (χ0n) is 10.5. The van der Waals surface area contributed by atoms with Gasteiger partial charge in [0, 0.05) is 0 Å². The summed E-state index contributed by atoms with van der Waals surface area (Å²) in [6.45, 7) is 5.87. The van der Waals surface area contributed by atoms with E-state index in [1.54, 1.807) is 4.68 Å². The number of thioether (sulfide) groups is 1. The number of hydrogen-bond donors (Lipinski definition) is 0. The van der Waals surface area contributed by atoms with E-state index in [1.807, 2.05) is 39.0 Å². The van der Waals surface area contributed by atoms with Crippen LogP contribution >= 0.6 is 11.8 Å². The minimum atomic E-state index is -0.181. The van der Waals surface area contributed by atoms with Gasteiger partial charge < -0.3 is 0 Å². The van der Waals surface area contributed by atoms with Gasteiger partial charge in [-0.2, -0.15) is 9.94 Å². The fourth-order valence-electron chi connectivity index (χ4n) is 1.72. The zero-order valence-corrected chi connectivity index (χ0v) is 11.3. The summed E-state index contributed by atoms with van der Waals surface area (Å²) in [5.41, 5.74) is 3.19. The van der Waals surface area contributed by atoms with Crippen LogP contribution in [0.15, 0.2) is 23.4 Å². The van der Waals surface area contributed by atoms with Crippen LogP contribution in [0.25, 0.3) is 5.69 Å². The maximum atomic E-state index is 8.86. The molecule has 0 spiro atoms. The second-order valence-electron chi connectivity index (χ2n) is 4.00. The Hall–Kier alpha value is -1.87. The third-order valence-electron chi connectivity index (χ3n) is 2.56. The van der Waals surface area contributed by atoms with Gasteiger partial charge in [0.25, 0.3) is 0 Å². The van der Waals surface area contributed by atoms with Crippen molar-refractivity contribution in [1.82, 2.24) is 20.2 Å². The van der Waals surface area contributed by atoms with Crippen molar-refractivity contribution in [2.75, 3.05) is 0 Å². The topological polar surface area (TPSA) is 67.4 Å². The molecule has 1 heterocycles. The average Bonchev–Trinajstić information content (AvgIpc) is 2.77. The molecule has 1 aromatic carbocycles. The molecular formula is C12H13N5S. The van der Waals surface area contributed by atoms with Gasteiger partial charge in [0.05, 0.1) is 17.0 Å². The van der Waals surface area contributed by atoms with Crippen molar-refractivity contribution in [3.8, 4) is 11.8 Å². The van der Waals surface area contributed by atoms with Crippen LogP contribution in [0.4, 0.5) is 0 Å². The molecule has 2 aromatic rings. The number of nitrogens with zero attached hydrogens (tertiary/aromatic N) is 5. The van der Waals surface area contributed by atoms with Gasteiger partial charge in [0.1, 0.15) is 0 Å². The second kappa shape index (κ2) is 5.19. The maximum Gasteiger partial charge on any atom is 0.215 e. The number of para-hydroxylation sites is 1. The quantitative estimate of drug-likeness (QED) is 0.791. The van der Waals surface area contributed by atoms with E-state index >= 15 is 0 Å². The summed E-state index contributed by atoms with van der Waals surface area (Å²) in [6.07, 6.45) is 0. The number of nitriles is 1. The predicted octanol–water partition coefficient (Wildman–Crippen LogP) is 2.28. The minimum absolute atomic E-state index is 0.181. The fraction of sp³-hybridized carbons (Fsp3) is 0.333. The van der Waals surface area contributed by atoms with Gasteiger partial charge in [-0.15, -0.1) is 5.10 Å². The molecule has 6 heteroatoms. The van der Waals surface area contributed by atoms with Gasteiger partial charge in [-0.25, -0.2) is 0 Å². The number of aromatic nitrogens is 4. The van der Waals surface area contributed by atoms with Crippen molar-refractivity contribution in [2.45, 2.75) is 31.2 Å². The summed E-state index contributed by atoms with van der Waals surface area (Å²) in [5.74, 6) is 0. The van der Waals surface area contributed by atoms with E-state index in [1.165, 1.54) is 11.8 Å². The van der Waals surface area contributed by atoms with Crippen LogP contribution in [-0.2, 0) is 0 Å². The van der Waals surface area contributed by atoms with Crippen LogP contribution < -0.4 is 0 Å². The van der Waals surface area contributed by atoms with E-state index in [4.69, 9.17) is 5.26 Å². The Kier molecular flexibility index (Phi) is 3.63. The predicted molar refractivity (Wildman–Crippen MR) is 69.6 cm³/mol. The first-order chi connectivity index (χ1) is 8.63. The van der Waals surface area contributed by atoms with Gasteiger partial charge >= 0.3 is 0 Å².